The fourth-order valence-corrected chi connectivity index (χ4v) is 2.51. The highest BCUT2D eigenvalue weighted by molar-refractivity contribution is 5.75. The summed E-state index contributed by atoms with van der Waals surface area (Å²) in [6.45, 7) is 2.14. The molecule has 0 amide bonds. The lowest BCUT2D eigenvalue weighted by Crippen LogP contribution is -2.26. The molecule has 0 aliphatic carbocycles. The summed E-state index contributed by atoms with van der Waals surface area (Å²) >= 11 is 0. The van der Waals surface area contributed by atoms with Gasteiger partial charge in [0, 0.05) is 24.9 Å². The van der Waals surface area contributed by atoms with Gasteiger partial charge in [0.15, 0.2) is 11.7 Å². The lowest BCUT2D eigenvalue weighted by atomic mass is 10.1. The summed E-state index contributed by atoms with van der Waals surface area (Å²) in [5.74, 6) is -0.381. The van der Waals surface area contributed by atoms with Gasteiger partial charge in [-0.25, -0.2) is 9.78 Å². The first-order valence-corrected chi connectivity index (χ1v) is 7.78. The molecule has 0 radical (unpaired) electrons. The molecule has 0 fully saturated rings. The number of ether oxygens (including phenoxy) is 1. The maximum absolute atomic E-state index is 11.2. The Hall–Kier alpha value is -2.73. The van der Waals surface area contributed by atoms with Gasteiger partial charge in [0.25, 0.3) is 0 Å². The van der Waals surface area contributed by atoms with Crippen LogP contribution in [0.25, 0.3) is 11.1 Å². The second-order valence-corrected chi connectivity index (χ2v) is 5.39. The number of oxazole rings is 1. The third-order valence-electron chi connectivity index (χ3n) is 3.62. The molecule has 6 heteroatoms. The average Bonchev–Trinajstić information content (AvgIpc) is 2.96. The topological polar surface area (TPSA) is 85.5 Å². The van der Waals surface area contributed by atoms with Crippen LogP contribution >= 0.6 is 0 Å². The number of carboxylic acid groups (broad SMARTS) is 1. The van der Waals surface area contributed by atoms with Crippen LogP contribution in [0.5, 0.6) is 0 Å². The first kappa shape index (κ1) is 16.1. The monoisotopic (exact) mass is 326 g/mol. The summed E-state index contributed by atoms with van der Waals surface area (Å²) in [4.78, 5) is 19.9. The third-order valence-corrected chi connectivity index (χ3v) is 3.62. The number of hydrogen-bond acceptors (Lipinski definition) is 5. The van der Waals surface area contributed by atoms with E-state index in [1.807, 2.05) is 36.4 Å². The third kappa shape index (κ3) is 3.78. The molecule has 124 valence electrons. The molecule has 3 aromatic rings. The molecule has 3 rings (SSSR count). The zero-order valence-electron chi connectivity index (χ0n) is 13.3. The SMILES string of the molecule is CCOC(Cc1ccc2oc(Cc3ccccn3)nc2c1)C(=O)O. The Kier molecular flexibility index (Phi) is 4.86. The molecular formula is C18H18N2O4. The number of rotatable bonds is 7. The van der Waals surface area contributed by atoms with Crippen LogP contribution in [-0.4, -0.2) is 33.8 Å². The first-order valence-electron chi connectivity index (χ1n) is 7.78. The number of aliphatic carboxylic acids is 1. The lowest BCUT2D eigenvalue weighted by molar-refractivity contribution is -0.149. The van der Waals surface area contributed by atoms with E-state index in [-0.39, 0.29) is 0 Å². The largest absolute Gasteiger partial charge is 0.479 e. The highest BCUT2D eigenvalue weighted by Gasteiger charge is 2.18. The van der Waals surface area contributed by atoms with Crippen LogP contribution in [0.3, 0.4) is 0 Å². The van der Waals surface area contributed by atoms with E-state index in [1.54, 1.807) is 13.1 Å². The number of nitrogens with zero attached hydrogens (tertiary/aromatic N) is 2. The Labute approximate surface area is 139 Å². The van der Waals surface area contributed by atoms with Gasteiger partial charge in [-0.3, -0.25) is 4.98 Å². The smallest absolute Gasteiger partial charge is 0.333 e. The molecule has 0 aliphatic rings. The van der Waals surface area contributed by atoms with Crippen LogP contribution in [0.4, 0.5) is 0 Å². The molecule has 6 nitrogen and oxygen atoms in total. The van der Waals surface area contributed by atoms with E-state index in [4.69, 9.17) is 9.15 Å². The summed E-state index contributed by atoms with van der Waals surface area (Å²) in [6.07, 6.45) is 1.69. The summed E-state index contributed by atoms with van der Waals surface area (Å²) in [5.41, 5.74) is 3.11. The van der Waals surface area contributed by atoms with Gasteiger partial charge < -0.3 is 14.3 Å². The van der Waals surface area contributed by atoms with E-state index >= 15 is 0 Å². The number of aromatic nitrogens is 2. The van der Waals surface area contributed by atoms with Crippen molar-refractivity contribution in [2.75, 3.05) is 6.61 Å². The molecule has 24 heavy (non-hydrogen) atoms. The quantitative estimate of drug-likeness (QED) is 0.718. The zero-order chi connectivity index (χ0) is 16.9. The second-order valence-electron chi connectivity index (χ2n) is 5.39. The van der Waals surface area contributed by atoms with E-state index in [9.17, 15) is 9.90 Å². The standard InChI is InChI=1S/C18H18N2O4/c1-2-23-16(18(21)22)10-12-6-7-15-14(9-12)20-17(24-15)11-13-5-3-4-8-19-13/h3-9,16H,2,10-11H2,1H3,(H,21,22). The number of carbonyl (C=O) groups is 1. The molecule has 0 saturated carbocycles. The predicted molar refractivity (Wildman–Crippen MR) is 87.8 cm³/mol. The van der Waals surface area contributed by atoms with Crippen molar-refractivity contribution in [2.45, 2.75) is 25.9 Å². The molecule has 0 saturated heterocycles. The van der Waals surface area contributed by atoms with Crippen LogP contribution < -0.4 is 0 Å². The number of hydrogen-bond donors (Lipinski definition) is 1. The van der Waals surface area contributed by atoms with Crippen LogP contribution in [-0.2, 0) is 22.4 Å². The molecule has 1 aromatic carbocycles. The van der Waals surface area contributed by atoms with Crippen LogP contribution in [0.1, 0.15) is 24.1 Å². The average molecular weight is 326 g/mol. The Morgan fingerprint density at radius 3 is 2.92 bits per heavy atom. The van der Waals surface area contributed by atoms with E-state index in [0.717, 1.165) is 11.3 Å². The normalized spacial score (nSPS) is 12.4. The zero-order valence-corrected chi connectivity index (χ0v) is 13.3. The minimum Gasteiger partial charge on any atom is -0.479 e. The van der Waals surface area contributed by atoms with Crippen molar-refractivity contribution in [3.63, 3.8) is 0 Å². The fourth-order valence-electron chi connectivity index (χ4n) is 2.51. The highest BCUT2D eigenvalue weighted by Crippen LogP contribution is 2.20. The van der Waals surface area contributed by atoms with Crippen molar-refractivity contribution in [2.24, 2.45) is 0 Å². The van der Waals surface area contributed by atoms with Gasteiger partial charge in [0.2, 0.25) is 5.89 Å². The number of carboxylic acids is 1. The van der Waals surface area contributed by atoms with Gasteiger partial charge in [0.05, 0.1) is 6.42 Å². The molecule has 1 N–H and O–H groups in total. The van der Waals surface area contributed by atoms with Crippen LogP contribution in [0, 0.1) is 0 Å². The molecule has 0 spiro atoms. The Morgan fingerprint density at radius 2 is 2.21 bits per heavy atom. The summed E-state index contributed by atoms with van der Waals surface area (Å²) in [7, 11) is 0. The molecule has 2 heterocycles. The summed E-state index contributed by atoms with van der Waals surface area (Å²) in [6, 6.07) is 11.2. The molecule has 1 unspecified atom stereocenters. The van der Waals surface area contributed by atoms with Gasteiger partial charge >= 0.3 is 5.97 Å². The van der Waals surface area contributed by atoms with Gasteiger partial charge in [-0.1, -0.05) is 12.1 Å². The second kappa shape index (κ2) is 7.23. The van der Waals surface area contributed by atoms with Gasteiger partial charge in [-0.05, 0) is 36.8 Å². The van der Waals surface area contributed by atoms with Crippen molar-refractivity contribution in [1.82, 2.24) is 9.97 Å². The Bertz CT molecular complexity index is 829. The van der Waals surface area contributed by atoms with Crippen molar-refractivity contribution >= 4 is 17.1 Å². The minimum absolute atomic E-state index is 0.293. The van der Waals surface area contributed by atoms with Crippen LogP contribution in [0.2, 0.25) is 0 Å². The fraction of sp³-hybridized carbons (Fsp3) is 0.278. The number of fused-ring (bicyclic) bond motifs is 1. The van der Waals surface area contributed by atoms with E-state index in [1.165, 1.54) is 0 Å². The highest BCUT2D eigenvalue weighted by atomic mass is 16.5. The van der Waals surface area contributed by atoms with Gasteiger partial charge in [-0.2, -0.15) is 0 Å². The van der Waals surface area contributed by atoms with Gasteiger partial charge in [0.1, 0.15) is 5.52 Å². The molecule has 1 atom stereocenters. The Balaban J connectivity index is 1.79. The maximum Gasteiger partial charge on any atom is 0.333 e. The summed E-state index contributed by atoms with van der Waals surface area (Å²) in [5, 5.41) is 9.18. The van der Waals surface area contributed by atoms with Crippen molar-refractivity contribution in [3.8, 4) is 0 Å². The Morgan fingerprint density at radius 1 is 1.33 bits per heavy atom. The lowest BCUT2D eigenvalue weighted by Gasteiger charge is -2.11. The molecule has 0 aliphatic heterocycles. The van der Waals surface area contributed by atoms with Crippen LogP contribution in [0.15, 0.2) is 47.0 Å². The first-order chi connectivity index (χ1) is 11.7. The summed E-state index contributed by atoms with van der Waals surface area (Å²) < 4.78 is 11.0. The van der Waals surface area contributed by atoms with Crippen molar-refractivity contribution in [3.05, 3.63) is 59.7 Å². The van der Waals surface area contributed by atoms with Crippen molar-refractivity contribution in [1.29, 1.82) is 0 Å². The van der Waals surface area contributed by atoms with E-state index in [2.05, 4.69) is 9.97 Å². The van der Waals surface area contributed by atoms with E-state index < -0.39 is 12.1 Å². The van der Waals surface area contributed by atoms with Gasteiger partial charge in [-0.15, -0.1) is 0 Å². The van der Waals surface area contributed by atoms with E-state index in [0.29, 0.717) is 36.4 Å². The maximum atomic E-state index is 11.2. The van der Waals surface area contributed by atoms with Crippen molar-refractivity contribution < 1.29 is 19.1 Å². The number of benzene rings is 1. The molecular weight excluding hydrogens is 308 g/mol. The predicted octanol–water partition coefficient (Wildman–Crippen LogP) is 2.85. The molecule has 0 bridgehead atoms. The molecule has 2 aromatic heterocycles. The number of pyridine rings is 1. The minimum atomic E-state index is -0.965.